The first-order valence-electron chi connectivity index (χ1n) is 11.8. The molecule has 0 spiro atoms. The number of tetrazole rings is 1. The molecule has 0 saturated carbocycles. The number of para-hydroxylation sites is 1. The maximum absolute atomic E-state index is 5.82. The number of rotatable bonds is 9. The molecule has 9 nitrogen and oxygen atoms in total. The van der Waals surface area contributed by atoms with E-state index in [1.54, 1.807) is 25.2 Å². The number of hydrogen-bond donors (Lipinski definition) is 0. The molecule has 0 amide bonds. The SMILES string of the molecule is COc1cccc([C@H](c2nnnn2Cc2ccco2)N2CCN(Cc3ccccc3)CC2)c1OC. The van der Waals surface area contributed by atoms with E-state index in [0.29, 0.717) is 18.0 Å². The molecule has 1 aliphatic heterocycles. The highest BCUT2D eigenvalue weighted by Gasteiger charge is 2.33. The lowest BCUT2D eigenvalue weighted by Gasteiger charge is -2.39. The average Bonchev–Trinajstić information content (AvgIpc) is 3.58. The molecule has 0 radical (unpaired) electrons. The number of aromatic nitrogens is 4. The zero-order chi connectivity index (χ0) is 24.0. The Balaban J connectivity index is 1.45. The molecule has 35 heavy (non-hydrogen) atoms. The van der Waals surface area contributed by atoms with Crippen LogP contribution in [0.4, 0.5) is 0 Å². The Kier molecular flexibility index (Phi) is 7.06. The van der Waals surface area contributed by atoms with Crippen molar-refractivity contribution in [3.05, 3.63) is 89.6 Å². The third-order valence-electron chi connectivity index (χ3n) is 6.44. The van der Waals surface area contributed by atoms with Crippen molar-refractivity contribution < 1.29 is 13.9 Å². The summed E-state index contributed by atoms with van der Waals surface area (Å²) in [6.07, 6.45) is 1.66. The molecule has 4 aromatic rings. The topological polar surface area (TPSA) is 81.7 Å². The van der Waals surface area contributed by atoms with E-state index in [1.807, 2.05) is 24.3 Å². The van der Waals surface area contributed by atoms with Crippen LogP contribution in [-0.4, -0.2) is 70.4 Å². The molecule has 0 N–H and O–H groups in total. The van der Waals surface area contributed by atoms with Gasteiger partial charge in [0, 0.05) is 38.3 Å². The van der Waals surface area contributed by atoms with Gasteiger partial charge in [-0.25, -0.2) is 4.68 Å². The van der Waals surface area contributed by atoms with E-state index in [-0.39, 0.29) is 6.04 Å². The summed E-state index contributed by atoms with van der Waals surface area (Å²) < 4.78 is 18.8. The number of nitrogens with zero attached hydrogens (tertiary/aromatic N) is 6. The summed E-state index contributed by atoms with van der Waals surface area (Å²) in [6.45, 7) is 5.01. The molecular formula is C26H30N6O3. The first-order valence-corrected chi connectivity index (χ1v) is 11.8. The van der Waals surface area contributed by atoms with Gasteiger partial charge in [-0.15, -0.1) is 5.10 Å². The Labute approximate surface area is 204 Å². The summed E-state index contributed by atoms with van der Waals surface area (Å²) in [5.74, 6) is 2.91. The third kappa shape index (κ3) is 5.06. The van der Waals surface area contributed by atoms with Crippen molar-refractivity contribution in [3.8, 4) is 11.5 Å². The van der Waals surface area contributed by atoms with Gasteiger partial charge in [0.1, 0.15) is 18.3 Å². The van der Waals surface area contributed by atoms with Gasteiger partial charge in [0.2, 0.25) is 0 Å². The zero-order valence-corrected chi connectivity index (χ0v) is 20.1. The predicted octanol–water partition coefficient (Wildman–Crippen LogP) is 3.24. The van der Waals surface area contributed by atoms with E-state index < -0.39 is 0 Å². The van der Waals surface area contributed by atoms with E-state index in [0.717, 1.165) is 49.9 Å². The van der Waals surface area contributed by atoms with Crippen molar-refractivity contribution in [1.82, 2.24) is 30.0 Å². The fraction of sp³-hybridized carbons (Fsp3) is 0.346. The van der Waals surface area contributed by atoms with E-state index in [1.165, 1.54) is 5.56 Å². The van der Waals surface area contributed by atoms with Crippen LogP contribution in [0.5, 0.6) is 11.5 Å². The monoisotopic (exact) mass is 474 g/mol. The van der Waals surface area contributed by atoms with E-state index in [9.17, 15) is 0 Å². The number of piperazine rings is 1. The molecule has 0 unspecified atom stereocenters. The average molecular weight is 475 g/mol. The molecule has 5 rings (SSSR count). The van der Waals surface area contributed by atoms with E-state index in [4.69, 9.17) is 13.9 Å². The summed E-state index contributed by atoms with van der Waals surface area (Å²) in [5, 5.41) is 12.8. The standard InChI is InChI=1S/C26H30N6O3/c1-33-23-12-6-11-22(25(23)34-2)24(26-27-28-29-32(26)19-21-10-7-17-35-21)31-15-13-30(14-16-31)18-20-8-4-3-5-9-20/h3-12,17,24H,13-16,18-19H2,1-2H3/t24-/m1/s1. The lowest BCUT2D eigenvalue weighted by atomic mass is 10.0. The lowest BCUT2D eigenvalue weighted by molar-refractivity contribution is 0.0990. The van der Waals surface area contributed by atoms with Gasteiger partial charge in [0.05, 0.1) is 20.5 Å². The van der Waals surface area contributed by atoms with Crippen LogP contribution in [0.15, 0.2) is 71.3 Å². The molecular weight excluding hydrogens is 444 g/mol. The quantitative estimate of drug-likeness (QED) is 0.366. The second-order valence-corrected chi connectivity index (χ2v) is 8.56. The molecule has 0 bridgehead atoms. The van der Waals surface area contributed by atoms with Gasteiger partial charge in [-0.1, -0.05) is 42.5 Å². The second-order valence-electron chi connectivity index (χ2n) is 8.56. The van der Waals surface area contributed by atoms with Crippen LogP contribution in [0, 0.1) is 0 Å². The van der Waals surface area contributed by atoms with Crippen molar-refractivity contribution in [2.24, 2.45) is 0 Å². The van der Waals surface area contributed by atoms with Crippen LogP contribution in [0.2, 0.25) is 0 Å². The highest BCUT2D eigenvalue weighted by atomic mass is 16.5. The Bertz CT molecular complexity index is 1200. The molecule has 1 saturated heterocycles. The molecule has 0 aliphatic carbocycles. The number of methoxy groups -OCH3 is 2. The van der Waals surface area contributed by atoms with Gasteiger partial charge >= 0.3 is 0 Å². The largest absolute Gasteiger partial charge is 0.493 e. The lowest BCUT2D eigenvalue weighted by Crippen LogP contribution is -2.48. The maximum atomic E-state index is 5.82. The minimum absolute atomic E-state index is 0.205. The smallest absolute Gasteiger partial charge is 0.173 e. The molecule has 2 aromatic heterocycles. The fourth-order valence-electron chi connectivity index (χ4n) is 4.72. The molecule has 3 heterocycles. The summed E-state index contributed by atoms with van der Waals surface area (Å²) in [5.41, 5.74) is 2.30. The fourth-order valence-corrected chi connectivity index (χ4v) is 4.72. The summed E-state index contributed by atoms with van der Waals surface area (Å²) >= 11 is 0. The first kappa shape index (κ1) is 23.1. The van der Waals surface area contributed by atoms with Gasteiger partial charge in [-0.3, -0.25) is 9.80 Å². The highest BCUT2D eigenvalue weighted by molar-refractivity contribution is 5.49. The molecule has 9 heteroatoms. The Morgan fingerprint density at radius 3 is 2.43 bits per heavy atom. The van der Waals surface area contributed by atoms with Gasteiger partial charge < -0.3 is 13.9 Å². The van der Waals surface area contributed by atoms with Gasteiger partial charge in [0.15, 0.2) is 17.3 Å². The van der Waals surface area contributed by atoms with Crippen LogP contribution < -0.4 is 9.47 Å². The summed E-state index contributed by atoms with van der Waals surface area (Å²) in [4.78, 5) is 4.90. The van der Waals surface area contributed by atoms with Crippen LogP contribution in [0.3, 0.4) is 0 Å². The number of furan rings is 1. The summed E-state index contributed by atoms with van der Waals surface area (Å²) in [6, 6.07) is 20.1. The molecule has 2 aromatic carbocycles. The normalized spacial score (nSPS) is 15.7. The molecule has 182 valence electrons. The zero-order valence-electron chi connectivity index (χ0n) is 20.1. The Morgan fingerprint density at radius 1 is 0.886 bits per heavy atom. The van der Waals surface area contributed by atoms with Crippen LogP contribution in [-0.2, 0) is 13.1 Å². The van der Waals surface area contributed by atoms with Crippen molar-refractivity contribution >= 4 is 0 Å². The summed E-state index contributed by atoms with van der Waals surface area (Å²) in [7, 11) is 3.32. The highest BCUT2D eigenvalue weighted by Crippen LogP contribution is 2.39. The van der Waals surface area contributed by atoms with Crippen LogP contribution in [0.25, 0.3) is 0 Å². The first-order chi connectivity index (χ1) is 17.3. The van der Waals surface area contributed by atoms with E-state index >= 15 is 0 Å². The van der Waals surface area contributed by atoms with Crippen molar-refractivity contribution in [2.45, 2.75) is 19.1 Å². The van der Waals surface area contributed by atoms with Crippen LogP contribution in [0.1, 0.15) is 28.8 Å². The van der Waals surface area contributed by atoms with E-state index in [2.05, 4.69) is 61.7 Å². The van der Waals surface area contributed by atoms with Crippen molar-refractivity contribution in [3.63, 3.8) is 0 Å². The van der Waals surface area contributed by atoms with Gasteiger partial charge in [-0.05, 0) is 34.2 Å². The number of benzene rings is 2. The van der Waals surface area contributed by atoms with Gasteiger partial charge in [0.25, 0.3) is 0 Å². The third-order valence-corrected chi connectivity index (χ3v) is 6.44. The number of hydrogen-bond acceptors (Lipinski definition) is 8. The maximum Gasteiger partial charge on any atom is 0.173 e. The minimum atomic E-state index is -0.205. The van der Waals surface area contributed by atoms with Crippen molar-refractivity contribution in [2.75, 3.05) is 40.4 Å². The number of ether oxygens (including phenoxy) is 2. The minimum Gasteiger partial charge on any atom is -0.493 e. The molecule has 1 fully saturated rings. The predicted molar refractivity (Wildman–Crippen MR) is 130 cm³/mol. The van der Waals surface area contributed by atoms with Crippen LogP contribution >= 0.6 is 0 Å². The Morgan fingerprint density at radius 2 is 1.71 bits per heavy atom. The van der Waals surface area contributed by atoms with Gasteiger partial charge in [-0.2, -0.15) is 0 Å². The van der Waals surface area contributed by atoms with Crippen molar-refractivity contribution in [1.29, 1.82) is 0 Å². The molecule has 1 aliphatic rings. The second kappa shape index (κ2) is 10.7. The Hall–Kier alpha value is -3.69. The molecule has 1 atom stereocenters.